The van der Waals surface area contributed by atoms with Crippen LogP contribution in [0, 0.1) is 6.92 Å². The van der Waals surface area contributed by atoms with E-state index in [2.05, 4.69) is 18.3 Å². The molecule has 0 bridgehead atoms. The van der Waals surface area contributed by atoms with Gasteiger partial charge in [0.25, 0.3) is 0 Å². The van der Waals surface area contributed by atoms with Crippen LogP contribution in [0.5, 0.6) is 0 Å². The van der Waals surface area contributed by atoms with E-state index in [9.17, 15) is 4.79 Å². The quantitative estimate of drug-likeness (QED) is 0.770. The van der Waals surface area contributed by atoms with Crippen molar-refractivity contribution in [3.8, 4) is 0 Å². The molecule has 0 aliphatic heterocycles. The molecule has 3 aromatic rings. The van der Waals surface area contributed by atoms with Gasteiger partial charge in [-0.25, -0.2) is 0 Å². The molecule has 0 saturated carbocycles. The van der Waals surface area contributed by atoms with Crippen LogP contribution in [0.1, 0.15) is 23.6 Å². The summed E-state index contributed by atoms with van der Waals surface area (Å²) in [6.45, 7) is 4.13. The van der Waals surface area contributed by atoms with Gasteiger partial charge in [-0.2, -0.15) is 0 Å². The summed E-state index contributed by atoms with van der Waals surface area (Å²) in [6.07, 6.45) is 2.96. The fourth-order valence-corrected chi connectivity index (χ4v) is 2.50. The van der Waals surface area contributed by atoms with Crippen LogP contribution in [-0.2, 0) is 17.6 Å². The maximum atomic E-state index is 12.2. The zero-order valence-electron chi connectivity index (χ0n) is 12.8. The molecule has 0 aliphatic carbocycles. The van der Waals surface area contributed by atoms with E-state index in [1.165, 1.54) is 11.1 Å². The van der Waals surface area contributed by atoms with E-state index in [0.29, 0.717) is 6.42 Å². The molecule has 0 saturated heterocycles. The first-order valence-corrected chi connectivity index (χ1v) is 7.51. The summed E-state index contributed by atoms with van der Waals surface area (Å²) >= 11 is 0. The number of amides is 1. The Labute approximate surface area is 130 Å². The normalized spacial score (nSPS) is 10.8. The monoisotopic (exact) mass is 293 g/mol. The molecule has 22 heavy (non-hydrogen) atoms. The Morgan fingerprint density at radius 3 is 2.64 bits per heavy atom. The highest BCUT2D eigenvalue weighted by molar-refractivity contribution is 5.95. The average Bonchev–Trinajstić information content (AvgIpc) is 2.91. The Kier molecular flexibility index (Phi) is 3.96. The Bertz CT molecular complexity index is 800. The van der Waals surface area contributed by atoms with Crippen LogP contribution < -0.4 is 5.32 Å². The first-order chi connectivity index (χ1) is 10.7. The second-order valence-corrected chi connectivity index (χ2v) is 5.54. The zero-order valence-corrected chi connectivity index (χ0v) is 12.8. The molecular weight excluding hydrogens is 274 g/mol. The summed E-state index contributed by atoms with van der Waals surface area (Å²) in [7, 11) is 0. The number of hydrogen-bond acceptors (Lipinski definition) is 2. The van der Waals surface area contributed by atoms with E-state index in [1.807, 2.05) is 43.3 Å². The van der Waals surface area contributed by atoms with Gasteiger partial charge in [0.2, 0.25) is 5.91 Å². The number of carbonyl (C=O) groups is 1. The fourth-order valence-electron chi connectivity index (χ4n) is 2.50. The molecule has 0 radical (unpaired) electrons. The van der Waals surface area contributed by atoms with Crippen molar-refractivity contribution < 1.29 is 9.21 Å². The van der Waals surface area contributed by atoms with Gasteiger partial charge >= 0.3 is 0 Å². The predicted molar refractivity (Wildman–Crippen MR) is 89.1 cm³/mol. The SMILES string of the molecule is CCc1ccc2c(CC(=O)Nc3ccc(C)cc3)coc2c1. The third-order valence-electron chi connectivity index (χ3n) is 3.81. The number of hydrogen-bond donors (Lipinski definition) is 1. The lowest BCUT2D eigenvalue weighted by molar-refractivity contribution is -0.115. The molecule has 0 atom stereocenters. The molecule has 3 rings (SSSR count). The van der Waals surface area contributed by atoms with E-state index in [0.717, 1.165) is 28.6 Å². The van der Waals surface area contributed by atoms with E-state index in [1.54, 1.807) is 6.26 Å². The minimum atomic E-state index is -0.0360. The summed E-state index contributed by atoms with van der Waals surface area (Å²) in [5.41, 5.74) is 4.99. The molecule has 0 aliphatic rings. The first kappa shape index (κ1) is 14.4. The molecule has 1 N–H and O–H groups in total. The van der Waals surface area contributed by atoms with Crippen molar-refractivity contribution in [1.82, 2.24) is 0 Å². The second kappa shape index (κ2) is 6.06. The van der Waals surface area contributed by atoms with Crippen LogP contribution in [0.2, 0.25) is 0 Å². The largest absolute Gasteiger partial charge is 0.464 e. The number of fused-ring (bicyclic) bond motifs is 1. The minimum Gasteiger partial charge on any atom is -0.464 e. The van der Waals surface area contributed by atoms with Gasteiger partial charge in [-0.15, -0.1) is 0 Å². The van der Waals surface area contributed by atoms with Crippen molar-refractivity contribution in [1.29, 1.82) is 0 Å². The number of rotatable bonds is 4. The zero-order chi connectivity index (χ0) is 15.5. The van der Waals surface area contributed by atoms with Gasteiger partial charge in [0.15, 0.2) is 0 Å². The maximum Gasteiger partial charge on any atom is 0.228 e. The van der Waals surface area contributed by atoms with E-state index < -0.39 is 0 Å². The van der Waals surface area contributed by atoms with Crippen LogP contribution in [0.3, 0.4) is 0 Å². The van der Waals surface area contributed by atoms with Crippen LogP contribution in [-0.4, -0.2) is 5.91 Å². The maximum absolute atomic E-state index is 12.2. The van der Waals surface area contributed by atoms with Gasteiger partial charge in [-0.1, -0.05) is 36.8 Å². The summed E-state index contributed by atoms with van der Waals surface area (Å²) < 4.78 is 5.58. The molecule has 112 valence electrons. The third kappa shape index (κ3) is 3.03. The standard InChI is InChI=1S/C19H19NO2/c1-3-14-6-9-17-15(12-22-18(17)10-14)11-19(21)20-16-7-4-13(2)5-8-16/h4-10,12H,3,11H2,1-2H3,(H,20,21). The van der Waals surface area contributed by atoms with Gasteiger partial charge in [0.1, 0.15) is 5.58 Å². The van der Waals surface area contributed by atoms with Crippen molar-refractivity contribution in [2.24, 2.45) is 0 Å². The van der Waals surface area contributed by atoms with Gasteiger partial charge in [0.05, 0.1) is 12.7 Å². The lowest BCUT2D eigenvalue weighted by Gasteiger charge is -2.05. The van der Waals surface area contributed by atoms with Crippen LogP contribution in [0.25, 0.3) is 11.0 Å². The number of aryl methyl sites for hydroxylation is 2. The molecule has 3 nitrogen and oxygen atoms in total. The van der Waals surface area contributed by atoms with E-state index in [4.69, 9.17) is 4.42 Å². The van der Waals surface area contributed by atoms with E-state index >= 15 is 0 Å². The molecular formula is C19H19NO2. The molecule has 1 heterocycles. The highest BCUT2D eigenvalue weighted by atomic mass is 16.3. The highest BCUT2D eigenvalue weighted by Gasteiger charge is 2.11. The Hall–Kier alpha value is -2.55. The van der Waals surface area contributed by atoms with Gasteiger partial charge in [-0.05, 0) is 37.1 Å². The summed E-state index contributed by atoms with van der Waals surface area (Å²) in [5.74, 6) is -0.0360. The van der Waals surface area contributed by atoms with Gasteiger partial charge in [-0.3, -0.25) is 4.79 Å². The Morgan fingerprint density at radius 2 is 1.91 bits per heavy atom. The molecule has 0 spiro atoms. The lowest BCUT2D eigenvalue weighted by atomic mass is 10.1. The van der Waals surface area contributed by atoms with Crippen molar-refractivity contribution in [2.75, 3.05) is 5.32 Å². The highest BCUT2D eigenvalue weighted by Crippen LogP contribution is 2.23. The first-order valence-electron chi connectivity index (χ1n) is 7.51. The minimum absolute atomic E-state index is 0.0360. The van der Waals surface area contributed by atoms with Crippen molar-refractivity contribution in [3.05, 3.63) is 65.4 Å². The fraction of sp³-hybridized carbons (Fsp3) is 0.211. The Balaban J connectivity index is 1.75. The predicted octanol–water partition coefficient (Wildman–Crippen LogP) is 4.48. The van der Waals surface area contributed by atoms with Crippen LogP contribution >= 0.6 is 0 Å². The lowest BCUT2D eigenvalue weighted by Crippen LogP contribution is -2.14. The number of nitrogens with one attached hydrogen (secondary N) is 1. The van der Waals surface area contributed by atoms with Gasteiger partial charge < -0.3 is 9.73 Å². The van der Waals surface area contributed by atoms with Gasteiger partial charge in [0, 0.05) is 16.6 Å². The third-order valence-corrected chi connectivity index (χ3v) is 3.81. The summed E-state index contributed by atoms with van der Waals surface area (Å²) in [4.78, 5) is 12.2. The van der Waals surface area contributed by atoms with Crippen LogP contribution in [0.4, 0.5) is 5.69 Å². The topological polar surface area (TPSA) is 42.2 Å². The summed E-state index contributed by atoms with van der Waals surface area (Å²) in [5, 5.41) is 3.92. The average molecular weight is 293 g/mol. The smallest absolute Gasteiger partial charge is 0.228 e. The molecule has 0 fully saturated rings. The van der Waals surface area contributed by atoms with Crippen molar-refractivity contribution in [2.45, 2.75) is 26.7 Å². The molecule has 0 unspecified atom stereocenters. The van der Waals surface area contributed by atoms with Crippen LogP contribution in [0.15, 0.2) is 53.1 Å². The molecule has 1 amide bonds. The molecule has 1 aromatic heterocycles. The van der Waals surface area contributed by atoms with Crippen molar-refractivity contribution >= 4 is 22.6 Å². The van der Waals surface area contributed by atoms with Crippen molar-refractivity contribution in [3.63, 3.8) is 0 Å². The molecule has 3 heteroatoms. The second-order valence-electron chi connectivity index (χ2n) is 5.54. The van der Waals surface area contributed by atoms with E-state index in [-0.39, 0.29) is 5.91 Å². The number of furan rings is 1. The summed E-state index contributed by atoms with van der Waals surface area (Å²) in [6, 6.07) is 13.9. The Morgan fingerprint density at radius 1 is 1.14 bits per heavy atom. The number of benzene rings is 2. The number of anilines is 1. The molecule has 2 aromatic carbocycles. The number of carbonyl (C=O) groups excluding carboxylic acids is 1.